The molecule has 3 aromatic rings. The van der Waals surface area contributed by atoms with Gasteiger partial charge in [0.2, 0.25) is 5.91 Å². The molecule has 2 amide bonds. The SMILES string of the molecule is COc1cccc(C(=O)Nc2cccc([C@@H]3SCC(=O)N3c3ccccc3F)c2)c1. The number of hydrogen-bond acceptors (Lipinski definition) is 4. The van der Waals surface area contributed by atoms with E-state index in [1.165, 1.54) is 22.7 Å². The van der Waals surface area contributed by atoms with Crippen LogP contribution in [-0.2, 0) is 4.79 Å². The maximum absolute atomic E-state index is 14.3. The second-order valence-electron chi connectivity index (χ2n) is 6.69. The Morgan fingerprint density at radius 1 is 1.10 bits per heavy atom. The van der Waals surface area contributed by atoms with E-state index in [0.29, 0.717) is 17.0 Å². The molecule has 5 nitrogen and oxygen atoms in total. The third-order valence-corrected chi connectivity index (χ3v) is 5.95. The molecule has 1 aliphatic rings. The second-order valence-corrected chi connectivity index (χ2v) is 7.76. The Morgan fingerprint density at radius 3 is 2.70 bits per heavy atom. The first-order chi connectivity index (χ1) is 14.6. The van der Waals surface area contributed by atoms with Crippen LogP contribution in [0.4, 0.5) is 15.8 Å². The molecule has 4 rings (SSSR count). The molecular weight excluding hydrogens is 403 g/mol. The number of hydrogen-bond donors (Lipinski definition) is 1. The first-order valence-corrected chi connectivity index (χ1v) is 10.4. The average Bonchev–Trinajstić information content (AvgIpc) is 3.15. The number of rotatable bonds is 5. The fourth-order valence-electron chi connectivity index (χ4n) is 3.32. The van der Waals surface area contributed by atoms with Crippen LogP contribution in [-0.4, -0.2) is 24.7 Å². The predicted molar refractivity (Wildman–Crippen MR) is 116 cm³/mol. The number of carbonyl (C=O) groups excluding carboxylic acids is 2. The lowest BCUT2D eigenvalue weighted by Gasteiger charge is -2.25. The van der Waals surface area contributed by atoms with Crippen LogP contribution in [0.5, 0.6) is 5.75 Å². The molecule has 0 saturated carbocycles. The van der Waals surface area contributed by atoms with Crippen LogP contribution in [0.1, 0.15) is 21.3 Å². The molecule has 1 heterocycles. The summed E-state index contributed by atoms with van der Waals surface area (Å²) in [4.78, 5) is 26.6. The lowest BCUT2D eigenvalue weighted by atomic mass is 10.1. The molecule has 0 aliphatic carbocycles. The van der Waals surface area contributed by atoms with Crippen molar-refractivity contribution in [2.24, 2.45) is 0 Å². The molecule has 0 spiro atoms. The lowest BCUT2D eigenvalue weighted by molar-refractivity contribution is -0.115. The number of para-hydroxylation sites is 1. The van der Waals surface area contributed by atoms with Crippen LogP contribution in [0.2, 0.25) is 0 Å². The van der Waals surface area contributed by atoms with Crippen molar-refractivity contribution in [2.45, 2.75) is 5.37 Å². The number of thioether (sulfide) groups is 1. The first-order valence-electron chi connectivity index (χ1n) is 9.30. The van der Waals surface area contributed by atoms with Gasteiger partial charge in [-0.15, -0.1) is 11.8 Å². The van der Waals surface area contributed by atoms with Crippen molar-refractivity contribution in [3.8, 4) is 5.75 Å². The highest BCUT2D eigenvalue weighted by atomic mass is 32.2. The van der Waals surface area contributed by atoms with Crippen LogP contribution < -0.4 is 15.0 Å². The van der Waals surface area contributed by atoms with Crippen LogP contribution in [0.3, 0.4) is 0 Å². The summed E-state index contributed by atoms with van der Waals surface area (Å²) in [6.07, 6.45) is 0. The Hall–Kier alpha value is -3.32. The van der Waals surface area contributed by atoms with Gasteiger partial charge in [0, 0.05) is 11.3 Å². The van der Waals surface area contributed by atoms with E-state index < -0.39 is 5.82 Å². The van der Waals surface area contributed by atoms with Crippen LogP contribution in [0, 0.1) is 5.82 Å². The molecule has 152 valence electrons. The molecular formula is C23H19FN2O3S. The summed E-state index contributed by atoms with van der Waals surface area (Å²) in [5.74, 6) is -0.00827. The molecule has 7 heteroatoms. The molecule has 1 atom stereocenters. The van der Waals surface area contributed by atoms with Gasteiger partial charge < -0.3 is 10.1 Å². The highest BCUT2D eigenvalue weighted by Crippen LogP contribution is 2.43. The number of amides is 2. The highest BCUT2D eigenvalue weighted by molar-refractivity contribution is 8.00. The van der Waals surface area contributed by atoms with E-state index in [2.05, 4.69) is 5.32 Å². The molecule has 1 aliphatic heterocycles. The Kier molecular flexibility index (Phi) is 5.72. The summed E-state index contributed by atoms with van der Waals surface area (Å²) in [6.45, 7) is 0. The fourth-order valence-corrected chi connectivity index (χ4v) is 4.47. The van der Waals surface area contributed by atoms with Gasteiger partial charge in [-0.25, -0.2) is 4.39 Å². The third-order valence-electron chi connectivity index (χ3n) is 4.74. The van der Waals surface area contributed by atoms with Gasteiger partial charge in [0.15, 0.2) is 0 Å². The number of halogens is 1. The van der Waals surface area contributed by atoms with E-state index >= 15 is 0 Å². The van der Waals surface area contributed by atoms with Crippen molar-refractivity contribution >= 4 is 35.0 Å². The van der Waals surface area contributed by atoms with E-state index in [0.717, 1.165) is 5.56 Å². The number of carbonyl (C=O) groups is 2. The van der Waals surface area contributed by atoms with Gasteiger partial charge in [0.05, 0.1) is 18.6 Å². The zero-order chi connectivity index (χ0) is 21.1. The highest BCUT2D eigenvalue weighted by Gasteiger charge is 2.35. The Bertz CT molecular complexity index is 1110. The van der Waals surface area contributed by atoms with Crippen LogP contribution >= 0.6 is 11.8 Å². The minimum atomic E-state index is -0.444. The maximum atomic E-state index is 14.3. The summed E-state index contributed by atoms with van der Waals surface area (Å²) in [6, 6.07) is 20.4. The monoisotopic (exact) mass is 422 g/mol. The molecule has 0 unspecified atom stereocenters. The Balaban J connectivity index is 1.59. The third kappa shape index (κ3) is 4.02. The number of methoxy groups -OCH3 is 1. The summed E-state index contributed by atoms with van der Waals surface area (Å²) < 4.78 is 19.5. The minimum Gasteiger partial charge on any atom is -0.497 e. The van der Waals surface area contributed by atoms with Crippen molar-refractivity contribution in [1.29, 1.82) is 0 Å². The normalized spacial score (nSPS) is 15.9. The van der Waals surface area contributed by atoms with Gasteiger partial charge in [0.25, 0.3) is 5.91 Å². The van der Waals surface area contributed by atoms with Crippen molar-refractivity contribution < 1.29 is 18.7 Å². The van der Waals surface area contributed by atoms with Crippen molar-refractivity contribution in [3.63, 3.8) is 0 Å². The number of nitrogens with zero attached hydrogens (tertiary/aromatic N) is 1. The van der Waals surface area contributed by atoms with E-state index in [9.17, 15) is 14.0 Å². The largest absolute Gasteiger partial charge is 0.497 e. The molecule has 30 heavy (non-hydrogen) atoms. The van der Waals surface area contributed by atoms with E-state index in [1.807, 2.05) is 12.1 Å². The first kappa shape index (κ1) is 20.0. The number of anilines is 2. The smallest absolute Gasteiger partial charge is 0.255 e. The van der Waals surface area contributed by atoms with Gasteiger partial charge in [-0.1, -0.05) is 30.3 Å². The number of benzene rings is 3. The summed E-state index contributed by atoms with van der Waals surface area (Å²) >= 11 is 1.42. The fraction of sp³-hybridized carbons (Fsp3) is 0.130. The molecule has 1 fully saturated rings. The van der Waals surface area contributed by atoms with Gasteiger partial charge >= 0.3 is 0 Å². The van der Waals surface area contributed by atoms with E-state index in [4.69, 9.17) is 4.74 Å². The Morgan fingerprint density at radius 2 is 1.90 bits per heavy atom. The number of ether oxygens (including phenoxy) is 1. The molecule has 1 N–H and O–H groups in total. The van der Waals surface area contributed by atoms with Gasteiger partial charge in [-0.05, 0) is 48.0 Å². The summed E-state index contributed by atoms with van der Waals surface area (Å²) in [7, 11) is 1.54. The topological polar surface area (TPSA) is 58.6 Å². The van der Waals surface area contributed by atoms with Crippen LogP contribution in [0.15, 0.2) is 72.8 Å². The maximum Gasteiger partial charge on any atom is 0.255 e. The van der Waals surface area contributed by atoms with E-state index in [1.54, 1.807) is 61.7 Å². The van der Waals surface area contributed by atoms with Gasteiger partial charge in [-0.2, -0.15) is 0 Å². The van der Waals surface area contributed by atoms with Crippen molar-refractivity contribution in [3.05, 3.63) is 89.7 Å². The molecule has 0 bridgehead atoms. The lowest BCUT2D eigenvalue weighted by Crippen LogP contribution is -2.28. The van der Waals surface area contributed by atoms with Crippen molar-refractivity contribution in [2.75, 3.05) is 23.1 Å². The quantitative estimate of drug-likeness (QED) is 0.638. The minimum absolute atomic E-state index is 0.152. The zero-order valence-corrected chi connectivity index (χ0v) is 17.0. The van der Waals surface area contributed by atoms with Gasteiger partial charge in [0.1, 0.15) is 16.9 Å². The summed E-state index contributed by atoms with van der Waals surface area (Å²) in [5.41, 5.74) is 2.12. The zero-order valence-electron chi connectivity index (χ0n) is 16.2. The second kappa shape index (κ2) is 8.59. The average molecular weight is 422 g/mol. The molecule has 0 aromatic heterocycles. The van der Waals surface area contributed by atoms with Gasteiger partial charge in [-0.3, -0.25) is 14.5 Å². The molecule has 1 saturated heterocycles. The molecule has 3 aromatic carbocycles. The molecule has 0 radical (unpaired) electrons. The van der Waals surface area contributed by atoms with Crippen molar-refractivity contribution in [1.82, 2.24) is 0 Å². The van der Waals surface area contributed by atoms with Crippen LogP contribution in [0.25, 0.3) is 0 Å². The summed E-state index contributed by atoms with van der Waals surface area (Å²) in [5, 5.41) is 2.50. The standard InChI is InChI=1S/C23H19FN2O3S/c1-29-18-9-5-6-15(13-18)22(28)25-17-8-4-7-16(12-17)23-26(21(27)14-30-23)20-11-3-2-10-19(20)24/h2-13,23H,14H2,1H3,(H,25,28)/t23-/m0/s1. The number of nitrogens with one attached hydrogen (secondary N) is 1. The van der Waals surface area contributed by atoms with E-state index in [-0.39, 0.29) is 28.6 Å². The predicted octanol–water partition coefficient (Wildman–Crippen LogP) is 4.87. The Labute approximate surface area is 177 Å².